The second-order valence-electron chi connectivity index (χ2n) is 4.57. The molecule has 1 aromatic rings. The standard InChI is InChI=1S/C10H15N2OP/c1-12-6-10(11-7-12)14(13,8-2-3-8)9-4-5-9/h6-9H,2-5H2,1H3. The summed E-state index contributed by atoms with van der Waals surface area (Å²) < 4.78 is 14.8. The molecule has 2 aliphatic rings. The van der Waals surface area contributed by atoms with Crippen LogP contribution in [-0.4, -0.2) is 20.9 Å². The van der Waals surface area contributed by atoms with E-state index in [2.05, 4.69) is 4.98 Å². The molecule has 3 nitrogen and oxygen atoms in total. The van der Waals surface area contributed by atoms with Crippen LogP contribution in [0.1, 0.15) is 25.7 Å². The van der Waals surface area contributed by atoms with E-state index in [4.69, 9.17) is 0 Å². The molecule has 1 heterocycles. The topological polar surface area (TPSA) is 34.9 Å². The van der Waals surface area contributed by atoms with Crippen molar-refractivity contribution >= 4 is 12.6 Å². The van der Waals surface area contributed by atoms with Crippen LogP contribution in [0, 0.1) is 0 Å². The van der Waals surface area contributed by atoms with Gasteiger partial charge in [0.25, 0.3) is 0 Å². The SMILES string of the molecule is Cn1cnc(P(=O)(C2CC2)C2CC2)c1. The lowest BCUT2D eigenvalue weighted by atomic mass is 10.9. The first-order valence-electron chi connectivity index (χ1n) is 5.29. The largest absolute Gasteiger partial charge is 0.340 e. The first-order valence-corrected chi connectivity index (χ1v) is 7.13. The Hall–Kier alpha value is -0.560. The van der Waals surface area contributed by atoms with Crippen molar-refractivity contribution in [3.63, 3.8) is 0 Å². The Morgan fingerprint density at radius 3 is 2.29 bits per heavy atom. The fraction of sp³-hybridized carbons (Fsp3) is 0.700. The zero-order valence-electron chi connectivity index (χ0n) is 8.39. The Balaban J connectivity index is 2.02. The number of hydrogen-bond donors (Lipinski definition) is 0. The third-order valence-corrected chi connectivity index (χ3v) is 7.38. The molecule has 4 heteroatoms. The Bertz CT molecular complexity index is 388. The predicted octanol–water partition coefficient (Wildman–Crippen LogP) is 1.73. The highest BCUT2D eigenvalue weighted by Gasteiger charge is 2.52. The average molecular weight is 210 g/mol. The molecular formula is C10H15N2OP. The molecule has 0 bridgehead atoms. The molecule has 0 aromatic carbocycles. The highest BCUT2D eigenvalue weighted by atomic mass is 31.2. The van der Waals surface area contributed by atoms with Crippen LogP contribution in [0.5, 0.6) is 0 Å². The van der Waals surface area contributed by atoms with E-state index in [0.717, 1.165) is 31.1 Å². The molecule has 0 aliphatic heterocycles. The van der Waals surface area contributed by atoms with E-state index < -0.39 is 7.14 Å². The van der Waals surface area contributed by atoms with Crippen molar-refractivity contribution in [3.05, 3.63) is 12.5 Å². The zero-order valence-corrected chi connectivity index (χ0v) is 9.28. The van der Waals surface area contributed by atoms with Crippen LogP contribution in [0.15, 0.2) is 12.5 Å². The van der Waals surface area contributed by atoms with Crippen LogP contribution in [0.25, 0.3) is 0 Å². The summed E-state index contributed by atoms with van der Waals surface area (Å²) in [7, 11) is -0.159. The summed E-state index contributed by atoms with van der Waals surface area (Å²) in [6, 6.07) is 0. The Morgan fingerprint density at radius 1 is 1.36 bits per heavy atom. The second kappa shape index (κ2) is 2.73. The Kier molecular flexibility index (Phi) is 1.70. The van der Waals surface area contributed by atoms with Crippen LogP contribution in [0.3, 0.4) is 0 Å². The lowest BCUT2D eigenvalue weighted by Gasteiger charge is -2.13. The summed E-state index contributed by atoms with van der Waals surface area (Å²) in [5.74, 6) is 0. The fourth-order valence-electron chi connectivity index (χ4n) is 2.17. The van der Waals surface area contributed by atoms with Crippen LogP contribution >= 0.6 is 7.14 Å². The van der Waals surface area contributed by atoms with Crippen LogP contribution in [0.4, 0.5) is 0 Å². The van der Waals surface area contributed by atoms with Crippen LogP contribution < -0.4 is 5.44 Å². The summed E-state index contributed by atoms with van der Waals surface area (Å²) in [4.78, 5) is 4.31. The van der Waals surface area contributed by atoms with Gasteiger partial charge < -0.3 is 9.13 Å². The predicted molar refractivity (Wildman–Crippen MR) is 56.5 cm³/mol. The zero-order chi connectivity index (χ0) is 9.76. The summed E-state index contributed by atoms with van der Waals surface area (Å²) >= 11 is 0. The van der Waals surface area contributed by atoms with E-state index in [1.807, 2.05) is 17.8 Å². The van der Waals surface area contributed by atoms with E-state index in [1.165, 1.54) is 0 Å². The quantitative estimate of drug-likeness (QED) is 0.712. The first-order chi connectivity index (χ1) is 6.71. The van der Waals surface area contributed by atoms with Gasteiger partial charge >= 0.3 is 0 Å². The molecule has 2 aliphatic carbocycles. The minimum Gasteiger partial charge on any atom is -0.340 e. The van der Waals surface area contributed by atoms with E-state index >= 15 is 0 Å². The lowest BCUT2D eigenvalue weighted by molar-refractivity contribution is 0.578. The third kappa shape index (κ3) is 1.18. The van der Waals surface area contributed by atoms with Gasteiger partial charge in [-0.2, -0.15) is 0 Å². The van der Waals surface area contributed by atoms with E-state index in [9.17, 15) is 4.57 Å². The molecule has 0 radical (unpaired) electrons. The maximum absolute atomic E-state index is 12.9. The number of hydrogen-bond acceptors (Lipinski definition) is 2. The van der Waals surface area contributed by atoms with Crippen molar-refractivity contribution in [2.75, 3.05) is 0 Å². The van der Waals surface area contributed by atoms with E-state index in [1.54, 1.807) is 6.33 Å². The number of imidazole rings is 1. The summed E-state index contributed by atoms with van der Waals surface area (Å²) in [6.45, 7) is 0. The van der Waals surface area contributed by atoms with E-state index in [0.29, 0.717) is 11.3 Å². The van der Waals surface area contributed by atoms with Crippen molar-refractivity contribution in [2.45, 2.75) is 37.0 Å². The van der Waals surface area contributed by atoms with Crippen molar-refractivity contribution in [1.82, 2.24) is 9.55 Å². The number of rotatable bonds is 3. The van der Waals surface area contributed by atoms with Crippen LogP contribution in [-0.2, 0) is 11.6 Å². The van der Waals surface area contributed by atoms with Crippen molar-refractivity contribution < 1.29 is 4.57 Å². The van der Waals surface area contributed by atoms with Gasteiger partial charge in [-0.15, -0.1) is 0 Å². The minimum atomic E-state index is -2.10. The van der Waals surface area contributed by atoms with Gasteiger partial charge in [0.05, 0.1) is 6.33 Å². The summed E-state index contributed by atoms with van der Waals surface area (Å²) in [6.07, 6.45) is 8.35. The minimum absolute atomic E-state index is 0.477. The molecule has 1 aromatic heterocycles. The molecule has 0 saturated heterocycles. The van der Waals surface area contributed by atoms with Gasteiger partial charge in [-0.25, -0.2) is 4.98 Å². The summed E-state index contributed by atoms with van der Waals surface area (Å²) in [5, 5.41) is 0. The van der Waals surface area contributed by atoms with Crippen molar-refractivity contribution in [2.24, 2.45) is 7.05 Å². The molecular weight excluding hydrogens is 195 g/mol. The maximum atomic E-state index is 12.9. The number of aryl methyl sites for hydroxylation is 1. The molecule has 14 heavy (non-hydrogen) atoms. The number of aromatic nitrogens is 2. The smallest absolute Gasteiger partial charge is 0.140 e. The van der Waals surface area contributed by atoms with Gasteiger partial charge in [0, 0.05) is 24.6 Å². The second-order valence-corrected chi connectivity index (χ2v) is 7.91. The molecule has 0 atom stereocenters. The van der Waals surface area contributed by atoms with Crippen LogP contribution in [0.2, 0.25) is 0 Å². The van der Waals surface area contributed by atoms with Gasteiger partial charge in [0.15, 0.2) is 0 Å². The number of nitrogens with zero attached hydrogens (tertiary/aromatic N) is 2. The Morgan fingerprint density at radius 2 is 1.93 bits per heavy atom. The molecule has 3 rings (SSSR count). The normalized spacial score (nSPS) is 22.6. The highest BCUT2D eigenvalue weighted by Crippen LogP contribution is 2.69. The van der Waals surface area contributed by atoms with E-state index in [-0.39, 0.29) is 0 Å². The van der Waals surface area contributed by atoms with Gasteiger partial charge in [0.2, 0.25) is 0 Å². The lowest BCUT2D eigenvalue weighted by Crippen LogP contribution is -2.13. The molecule has 0 amide bonds. The molecule has 0 unspecified atom stereocenters. The highest BCUT2D eigenvalue weighted by molar-refractivity contribution is 7.73. The Labute approximate surface area is 83.9 Å². The average Bonchev–Trinajstić information content (AvgIpc) is 3.01. The van der Waals surface area contributed by atoms with Crippen molar-refractivity contribution in [3.8, 4) is 0 Å². The van der Waals surface area contributed by atoms with Gasteiger partial charge in [-0.3, -0.25) is 0 Å². The monoisotopic (exact) mass is 210 g/mol. The maximum Gasteiger partial charge on any atom is 0.140 e. The first kappa shape index (κ1) is 8.72. The van der Waals surface area contributed by atoms with Crippen molar-refractivity contribution in [1.29, 1.82) is 0 Å². The third-order valence-electron chi connectivity index (χ3n) is 3.23. The summed E-state index contributed by atoms with van der Waals surface area (Å²) in [5.41, 5.74) is 1.85. The molecule has 0 N–H and O–H groups in total. The molecule has 2 saturated carbocycles. The molecule has 76 valence electrons. The van der Waals surface area contributed by atoms with Gasteiger partial charge in [0.1, 0.15) is 12.6 Å². The fourth-order valence-corrected chi connectivity index (χ4v) is 5.94. The van der Waals surface area contributed by atoms with Gasteiger partial charge in [-0.05, 0) is 25.7 Å². The molecule has 0 spiro atoms. The molecule has 2 fully saturated rings. The van der Waals surface area contributed by atoms with Gasteiger partial charge in [-0.1, -0.05) is 0 Å².